The molecule has 0 aliphatic heterocycles. The van der Waals surface area contributed by atoms with Gasteiger partial charge in [-0.25, -0.2) is 4.79 Å². The van der Waals surface area contributed by atoms with Crippen LogP contribution >= 0.6 is 11.6 Å². The van der Waals surface area contributed by atoms with Crippen molar-refractivity contribution in [3.63, 3.8) is 0 Å². The van der Waals surface area contributed by atoms with E-state index in [1.165, 1.54) is 0 Å². The van der Waals surface area contributed by atoms with Gasteiger partial charge in [0.15, 0.2) is 0 Å². The molecule has 1 unspecified atom stereocenters. The SMILES string of the molecule is CC(COC(=O)Cl)c1ccccc1. The van der Waals surface area contributed by atoms with E-state index < -0.39 is 5.43 Å². The summed E-state index contributed by atoms with van der Waals surface area (Å²) >= 11 is 5.05. The molecule has 1 aromatic carbocycles. The van der Waals surface area contributed by atoms with Gasteiger partial charge in [0.25, 0.3) is 0 Å². The lowest BCUT2D eigenvalue weighted by Gasteiger charge is -2.10. The molecule has 0 heterocycles. The molecule has 0 spiro atoms. The van der Waals surface area contributed by atoms with Crippen molar-refractivity contribution in [1.29, 1.82) is 0 Å². The second-order valence-electron chi connectivity index (χ2n) is 2.86. The van der Waals surface area contributed by atoms with Crippen molar-refractivity contribution in [1.82, 2.24) is 0 Å². The molecule has 0 aliphatic carbocycles. The molecule has 1 rings (SSSR count). The van der Waals surface area contributed by atoms with E-state index in [4.69, 9.17) is 11.6 Å². The summed E-state index contributed by atoms with van der Waals surface area (Å²) in [6, 6.07) is 9.84. The van der Waals surface area contributed by atoms with Crippen molar-refractivity contribution in [3.05, 3.63) is 35.9 Å². The monoisotopic (exact) mass is 198 g/mol. The van der Waals surface area contributed by atoms with Gasteiger partial charge in [-0.05, 0) is 5.56 Å². The van der Waals surface area contributed by atoms with Crippen LogP contribution in [0.15, 0.2) is 30.3 Å². The van der Waals surface area contributed by atoms with Gasteiger partial charge in [-0.1, -0.05) is 37.3 Å². The molecule has 2 nitrogen and oxygen atoms in total. The molecule has 0 radical (unpaired) electrons. The molecule has 0 saturated carbocycles. The first-order chi connectivity index (χ1) is 6.20. The first kappa shape index (κ1) is 10.1. The highest BCUT2D eigenvalue weighted by molar-refractivity contribution is 6.61. The minimum absolute atomic E-state index is 0.184. The summed E-state index contributed by atoms with van der Waals surface area (Å²) in [5.74, 6) is 0.184. The third-order valence-corrected chi connectivity index (χ3v) is 1.92. The summed E-state index contributed by atoms with van der Waals surface area (Å²) < 4.78 is 4.68. The maximum absolute atomic E-state index is 10.3. The Labute approximate surface area is 82.5 Å². The van der Waals surface area contributed by atoms with E-state index in [0.717, 1.165) is 5.56 Å². The van der Waals surface area contributed by atoms with Crippen LogP contribution in [0.25, 0.3) is 0 Å². The van der Waals surface area contributed by atoms with Crippen LogP contribution in [0.3, 0.4) is 0 Å². The molecule has 0 amide bonds. The lowest BCUT2D eigenvalue weighted by molar-refractivity contribution is 0.167. The first-order valence-electron chi connectivity index (χ1n) is 4.07. The maximum atomic E-state index is 10.3. The van der Waals surface area contributed by atoms with E-state index in [0.29, 0.717) is 6.61 Å². The Kier molecular flexibility index (Phi) is 3.77. The number of hydrogen-bond donors (Lipinski definition) is 0. The number of halogens is 1. The maximum Gasteiger partial charge on any atom is 0.403 e. The zero-order chi connectivity index (χ0) is 9.68. The normalized spacial score (nSPS) is 12.2. The molecule has 0 fully saturated rings. The molecular formula is C10H11ClO2. The predicted molar refractivity (Wildman–Crippen MR) is 52.1 cm³/mol. The third-order valence-electron chi connectivity index (χ3n) is 1.82. The summed E-state index contributed by atoms with van der Waals surface area (Å²) in [7, 11) is 0. The molecule has 70 valence electrons. The highest BCUT2D eigenvalue weighted by Gasteiger charge is 2.06. The highest BCUT2D eigenvalue weighted by Crippen LogP contribution is 2.14. The zero-order valence-electron chi connectivity index (χ0n) is 7.37. The Balaban J connectivity index is 2.49. The minimum Gasteiger partial charge on any atom is -0.453 e. The summed E-state index contributed by atoms with van der Waals surface area (Å²) in [5, 5.41) is 0. The third kappa shape index (κ3) is 3.47. The molecule has 0 aliphatic rings. The molecule has 0 N–H and O–H groups in total. The fourth-order valence-corrected chi connectivity index (χ4v) is 1.13. The molecule has 0 saturated heterocycles. The van der Waals surface area contributed by atoms with Gasteiger partial charge in [-0.3, -0.25) is 0 Å². The van der Waals surface area contributed by atoms with Crippen molar-refractivity contribution < 1.29 is 9.53 Å². The summed E-state index contributed by atoms with van der Waals surface area (Å²) in [6.45, 7) is 2.31. The van der Waals surface area contributed by atoms with Crippen LogP contribution in [0.5, 0.6) is 0 Å². The van der Waals surface area contributed by atoms with Crippen LogP contribution in [-0.4, -0.2) is 12.0 Å². The van der Waals surface area contributed by atoms with Gasteiger partial charge in [0, 0.05) is 17.5 Å². The van der Waals surface area contributed by atoms with Crippen LogP contribution in [0, 0.1) is 0 Å². The van der Waals surface area contributed by atoms with E-state index in [1.54, 1.807) is 0 Å². The molecule has 0 bridgehead atoms. The zero-order valence-corrected chi connectivity index (χ0v) is 8.12. The van der Waals surface area contributed by atoms with Crippen molar-refractivity contribution >= 4 is 17.0 Å². The Morgan fingerprint density at radius 3 is 2.62 bits per heavy atom. The second-order valence-corrected chi connectivity index (χ2v) is 3.17. The van der Waals surface area contributed by atoms with Gasteiger partial charge in [-0.2, -0.15) is 0 Å². The van der Waals surface area contributed by atoms with E-state index >= 15 is 0 Å². The van der Waals surface area contributed by atoms with Gasteiger partial charge in [0.05, 0.1) is 6.61 Å². The number of carbonyl (C=O) groups is 1. The standard InChI is InChI=1S/C10H11ClO2/c1-8(7-13-10(11)12)9-5-3-2-4-6-9/h2-6,8H,7H2,1H3. The first-order valence-corrected chi connectivity index (χ1v) is 4.45. The summed E-state index contributed by atoms with van der Waals surface area (Å²) in [5.41, 5.74) is 0.392. The van der Waals surface area contributed by atoms with E-state index in [9.17, 15) is 4.79 Å². The number of ether oxygens (including phenoxy) is 1. The van der Waals surface area contributed by atoms with Gasteiger partial charge in [0.1, 0.15) is 0 Å². The average Bonchev–Trinajstić information content (AvgIpc) is 2.15. The predicted octanol–water partition coefficient (Wildman–Crippen LogP) is 3.17. The van der Waals surface area contributed by atoms with Crippen LogP contribution in [-0.2, 0) is 4.74 Å². The van der Waals surface area contributed by atoms with Crippen molar-refractivity contribution in [2.45, 2.75) is 12.8 Å². The second kappa shape index (κ2) is 4.87. The lowest BCUT2D eigenvalue weighted by atomic mass is 10.0. The van der Waals surface area contributed by atoms with Crippen molar-refractivity contribution in [2.24, 2.45) is 0 Å². The molecule has 3 heteroatoms. The van der Waals surface area contributed by atoms with Crippen LogP contribution in [0.1, 0.15) is 18.4 Å². The van der Waals surface area contributed by atoms with Crippen LogP contribution in [0.2, 0.25) is 0 Å². The smallest absolute Gasteiger partial charge is 0.403 e. The molecule has 0 aromatic heterocycles. The van der Waals surface area contributed by atoms with E-state index in [-0.39, 0.29) is 5.92 Å². The Morgan fingerprint density at radius 1 is 1.46 bits per heavy atom. The summed E-state index contributed by atoms with van der Waals surface area (Å²) in [4.78, 5) is 10.3. The topological polar surface area (TPSA) is 26.3 Å². The van der Waals surface area contributed by atoms with Crippen molar-refractivity contribution in [2.75, 3.05) is 6.61 Å². The Hall–Kier alpha value is -1.02. The molecule has 1 atom stereocenters. The minimum atomic E-state index is -0.747. The van der Waals surface area contributed by atoms with Gasteiger partial charge in [0.2, 0.25) is 0 Å². The molecule has 1 aromatic rings. The van der Waals surface area contributed by atoms with Gasteiger partial charge in [-0.15, -0.1) is 0 Å². The number of rotatable bonds is 3. The fourth-order valence-electron chi connectivity index (χ4n) is 1.07. The Bertz CT molecular complexity index is 272. The van der Waals surface area contributed by atoms with Gasteiger partial charge >= 0.3 is 5.43 Å². The quantitative estimate of drug-likeness (QED) is 0.698. The highest BCUT2D eigenvalue weighted by atomic mass is 35.5. The van der Waals surface area contributed by atoms with Crippen molar-refractivity contribution in [3.8, 4) is 0 Å². The van der Waals surface area contributed by atoms with Crippen LogP contribution in [0.4, 0.5) is 4.79 Å². The van der Waals surface area contributed by atoms with Gasteiger partial charge < -0.3 is 4.74 Å². The average molecular weight is 199 g/mol. The summed E-state index contributed by atoms with van der Waals surface area (Å²) in [6.07, 6.45) is 0. The van der Waals surface area contributed by atoms with E-state index in [2.05, 4.69) is 4.74 Å². The molecule has 13 heavy (non-hydrogen) atoms. The number of benzene rings is 1. The number of hydrogen-bond acceptors (Lipinski definition) is 2. The van der Waals surface area contributed by atoms with E-state index in [1.807, 2.05) is 37.3 Å². The Morgan fingerprint density at radius 2 is 2.08 bits per heavy atom. The number of carbonyl (C=O) groups excluding carboxylic acids is 1. The van der Waals surface area contributed by atoms with Crippen LogP contribution < -0.4 is 0 Å². The lowest BCUT2D eigenvalue weighted by Crippen LogP contribution is -2.05. The molecular weight excluding hydrogens is 188 g/mol. The largest absolute Gasteiger partial charge is 0.453 e. The fraction of sp³-hybridized carbons (Fsp3) is 0.300.